The molecular weight excluding hydrogens is 378 g/mol. The van der Waals surface area contributed by atoms with Gasteiger partial charge in [-0.3, -0.25) is 4.79 Å². The summed E-state index contributed by atoms with van der Waals surface area (Å²) in [5.41, 5.74) is 2.43. The monoisotopic (exact) mass is 408 g/mol. The smallest absolute Gasteiger partial charge is 0.287 e. The first-order chi connectivity index (χ1) is 14.6. The number of carbonyl (C=O) groups excluding carboxylic acids is 1. The Hall–Kier alpha value is -2.99. The minimum Gasteiger partial charge on any atom is -0.496 e. The maximum atomic E-state index is 12.3. The summed E-state index contributed by atoms with van der Waals surface area (Å²) in [6.45, 7) is 7.39. The number of aromatic nitrogens is 1. The van der Waals surface area contributed by atoms with Gasteiger partial charge in [-0.05, 0) is 42.3 Å². The molecule has 1 aliphatic heterocycles. The first-order valence-corrected chi connectivity index (χ1v) is 10.6. The molecule has 158 valence electrons. The van der Waals surface area contributed by atoms with Crippen molar-refractivity contribution >= 4 is 5.91 Å². The Morgan fingerprint density at radius 1 is 1.23 bits per heavy atom. The highest BCUT2D eigenvalue weighted by molar-refractivity contribution is 5.91. The largest absolute Gasteiger partial charge is 0.496 e. The zero-order valence-electron chi connectivity index (χ0n) is 17.9. The summed E-state index contributed by atoms with van der Waals surface area (Å²) < 4.78 is 13.9. The van der Waals surface area contributed by atoms with E-state index in [0.29, 0.717) is 24.8 Å². The number of para-hydroxylation sites is 1. The molecule has 1 aromatic carbocycles. The number of quaternary nitrogens is 1. The number of fused-ring (bicyclic) bond motifs is 1. The normalized spacial score (nSPS) is 18.3. The summed E-state index contributed by atoms with van der Waals surface area (Å²) in [6, 6.07) is 16.3. The van der Waals surface area contributed by atoms with Gasteiger partial charge in [0.1, 0.15) is 12.3 Å². The predicted octanol–water partition coefficient (Wildman–Crippen LogP) is 2.66. The van der Waals surface area contributed by atoms with Gasteiger partial charge < -0.3 is 23.9 Å². The van der Waals surface area contributed by atoms with Crippen molar-refractivity contribution in [1.82, 2.24) is 9.88 Å². The van der Waals surface area contributed by atoms with Crippen LogP contribution >= 0.6 is 0 Å². The molecule has 3 aromatic rings. The molecule has 3 heterocycles. The fourth-order valence-electron chi connectivity index (χ4n) is 4.19. The molecule has 30 heavy (non-hydrogen) atoms. The third-order valence-electron chi connectivity index (χ3n) is 5.65. The topological polar surface area (TPSA) is 60.8 Å². The number of carbonyl (C=O) groups is 1. The van der Waals surface area contributed by atoms with Crippen LogP contribution in [0.15, 0.2) is 59.1 Å². The molecule has 1 aliphatic rings. The summed E-state index contributed by atoms with van der Waals surface area (Å²) in [7, 11) is 1.72. The van der Waals surface area contributed by atoms with E-state index in [1.807, 2.05) is 18.2 Å². The van der Waals surface area contributed by atoms with Crippen molar-refractivity contribution in [1.29, 1.82) is 0 Å². The Morgan fingerprint density at radius 2 is 2.07 bits per heavy atom. The molecule has 1 amide bonds. The molecule has 6 nitrogen and oxygen atoms in total. The van der Waals surface area contributed by atoms with Crippen LogP contribution in [0.25, 0.3) is 0 Å². The van der Waals surface area contributed by atoms with Crippen LogP contribution in [0.3, 0.4) is 0 Å². The first-order valence-electron chi connectivity index (χ1n) is 10.6. The number of amides is 1. The number of hydrogen-bond donors (Lipinski definition) is 2. The van der Waals surface area contributed by atoms with Gasteiger partial charge in [0, 0.05) is 12.7 Å². The molecule has 6 heteroatoms. The highest BCUT2D eigenvalue weighted by atomic mass is 16.5. The second-order valence-corrected chi connectivity index (χ2v) is 8.26. The fourth-order valence-corrected chi connectivity index (χ4v) is 4.19. The van der Waals surface area contributed by atoms with Gasteiger partial charge >= 0.3 is 0 Å². The van der Waals surface area contributed by atoms with Crippen molar-refractivity contribution in [2.24, 2.45) is 5.92 Å². The van der Waals surface area contributed by atoms with Gasteiger partial charge in [0.2, 0.25) is 0 Å². The van der Waals surface area contributed by atoms with Crippen molar-refractivity contribution in [3.63, 3.8) is 0 Å². The average molecular weight is 409 g/mol. The lowest BCUT2D eigenvalue weighted by atomic mass is 9.98. The van der Waals surface area contributed by atoms with E-state index >= 15 is 0 Å². The number of furan rings is 1. The lowest BCUT2D eigenvalue weighted by Crippen LogP contribution is -3.12. The van der Waals surface area contributed by atoms with Gasteiger partial charge in [0.15, 0.2) is 17.6 Å². The van der Waals surface area contributed by atoms with Crippen molar-refractivity contribution < 1.29 is 18.8 Å². The second-order valence-electron chi connectivity index (χ2n) is 8.26. The van der Waals surface area contributed by atoms with E-state index in [1.165, 1.54) is 10.6 Å². The Labute approximate surface area is 177 Å². The van der Waals surface area contributed by atoms with Crippen LogP contribution in [0.4, 0.5) is 0 Å². The molecule has 0 fully saturated rings. The van der Waals surface area contributed by atoms with Crippen LogP contribution < -0.4 is 15.0 Å². The zero-order valence-corrected chi connectivity index (χ0v) is 17.9. The fraction of sp³-hybridized carbons (Fsp3) is 0.375. The summed E-state index contributed by atoms with van der Waals surface area (Å²) in [5, 5.41) is 2.92. The summed E-state index contributed by atoms with van der Waals surface area (Å²) >= 11 is 0. The van der Waals surface area contributed by atoms with E-state index in [9.17, 15) is 4.79 Å². The number of benzene rings is 1. The van der Waals surface area contributed by atoms with E-state index in [4.69, 9.17) is 9.15 Å². The molecule has 4 rings (SSSR count). The lowest BCUT2D eigenvalue weighted by molar-refractivity contribution is -0.944. The van der Waals surface area contributed by atoms with Crippen LogP contribution in [0, 0.1) is 5.92 Å². The zero-order chi connectivity index (χ0) is 21.1. The summed E-state index contributed by atoms with van der Waals surface area (Å²) in [5.74, 6) is 2.33. The molecule has 0 radical (unpaired) electrons. The Kier molecular flexibility index (Phi) is 5.95. The van der Waals surface area contributed by atoms with Gasteiger partial charge in [0.05, 0.1) is 31.5 Å². The van der Waals surface area contributed by atoms with E-state index in [-0.39, 0.29) is 11.9 Å². The SMILES string of the molecule is COc1ccccc1[C@@H]1c2cccn2CC[NH+]1Cc1ccc(C(=O)NCC(C)C)o1. The third-order valence-corrected chi connectivity index (χ3v) is 5.65. The van der Waals surface area contributed by atoms with E-state index in [2.05, 4.69) is 54.2 Å². The number of ether oxygens (including phenoxy) is 1. The van der Waals surface area contributed by atoms with Gasteiger partial charge in [0.25, 0.3) is 5.91 Å². The minimum absolute atomic E-state index is 0.133. The molecule has 2 aromatic heterocycles. The number of hydrogen-bond acceptors (Lipinski definition) is 3. The quantitative estimate of drug-likeness (QED) is 0.632. The maximum absolute atomic E-state index is 12.3. The van der Waals surface area contributed by atoms with Crippen LogP contribution in [0.2, 0.25) is 0 Å². The number of rotatable bonds is 7. The molecule has 0 saturated carbocycles. The molecule has 2 atom stereocenters. The number of nitrogens with one attached hydrogen (secondary N) is 2. The summed E-state index contributed by atoms with van der Waals surface area (Å²) in [4.78, 5) is 13.7. The highest BCUT2D eigenvalue weighted by Gasteiger charge is 2.35. The van der Waals surface area contributed by atoms with Crippen molar-refractivity contribution in [2.75, 3.05) is 20.2 Å². The van der Waals surface area contributed by atoms with Crippen LogP contribution in [-0.2, 0) is 13.1 Å². The average Bonchev–Trinajstić information content (AvgIpc) is 3.41. The molecule has 0 saturated heterocycles. The van der Waals surface area contributed by atoms with Crippen LogP contribution in [-0.4, -0.2) is 30.7 Å². The van der Waals surface area contributed by atoms with E-state index < -0.39 is 0 Å². The van der Waals surface area contributed by atoms with E-state index in [1.54, 1.807) is 13.2 Å². The van der Waals surface area contributed by atoms with E-state index in [0.717, 1.165) is 30.2 Å². The molecule has 0 bridgehead atoms. The second kappa shape index (κ2) is 8.79. The van der Waals surface area contributed by atoms with Crippen molar-refractivity contribution in [3.05, 3.63) is 77.5 Å². The predicted molar refractivity (Wildman–Crippen MR) is 115 cm³/mol. The molecule has 1 unspecified atom stereocenters. The molecule has 2 N–H and O–H groups in total. The Bertz CT molecular complexity index is 1000. The Balaban J connectivity index is 1.58. The van der Waals surface area contributed by atoms with Crippen molar-refractivity contribution in [2.45, 2.75) is 33.0 Å². The third kappa shape index (κ3) is 4.14. The number of nitrogens with zero attached hydrogens (tertiary/aromatic N) is 1. The lowest BCUT2D eigenvalue weighted by Gasteiger charge is -2.34. The molecular formula is C24H30N3O3+. The van der Waals surface area contributed by atoms with Gasteiger partial charge in [-0.25, -0.2) is 0 Å². The first kappa shape index (κ1) is 20.3. The number of methoxy groups -OCH3 is 1. The minimum atomic E-state index is -0.154. The highest BCUT2D eigenvalue weighted by Crippen LogP contribution is 2.29. The molecule has 0 spiro atoms. The van der Waals surface area contributed by atoms with Crippen LogP contribution in [0.1, 0.15) is 47.5 Å². The summed E-state index contributed by atoms with van der Waals surface area (Å²) in [6.07, 6.45) is 2.14. The standard InChI is InChI=1S/C24H29N3O3/c1-17(2)15-25-24(28)22-11-10-18(30-22)16-27-14-13-26-12-6-8-20(26)23(27)19-7-4-5-9-21(19)29-3/h4-12,17,23H,13-16H2,1-3H3,(H,25,28)/p+1/t23-/m1/s1. The van der Waals surface area contributed by atoms with Crippen LogP contribution in [0.5, 0.6) is 5.75 Å². The van der Waals surface area contributed by atoms with Gasteiger partial charge in [-0.1, -0.05) is 26.0 Å². The van der Waals surface area contributed by atoms with Gasteiger partial charge in [-0.2, -0.15) is 0 Å². The maximum Gasteiger partial charge on any atom is 0.287 e. The van der Waals surface area contributed by atoms with Gasteiger partial charge in [-0.15, -0.1) is 0 Å². The van der Waals surface area contributed by atoms with Crippen molar-refractivity contribution in [3.8, 4) is 5.75 Å². The Morgan fingerprint density at radius 3 is 2.87 bits per heavy atom. The molecule has 0 aliphatic carbocycles.